The zero-order valence-electron chi connectivity index (χ0n) is 10.9. The molecule has 100 valence electrons. The summed E-state index contributed by atoms with van der Waals surface area (Å²) in [7, 11) is 1.63. The van der Waals surface area contributed by atoms with Crippen molar-refractivity contribution in [3.63, 3.8) is 0 Å². The van der Waals surface area contributed by atoms with Crippen LogP contribution in [0.5, 0.6) is 0 Å². The Bertz CT molecular complexity index is 426. The number of carbonyl (C=O) groups is 1. The Labute approximate surface area is 107 Å². The summed E-state index contributed by atoms with van der Waals surface area (Å²) in [5, 5.41) is 4.23. The second-order valence-corrected chi connectivity index (χ2v) is 4.51. The minimum atomic E-state index is -0.0840. The highest BCUT2D eigenvalue weighted by molar-refractivity contribution is 5.97. The molecule has 0 bridgehead atoms. The molecule has 6 nitrogen and oxygen atoms in total. The van der Waals surface area contributed by atoms with Crippen molar-refractivity contribution in [1.29, 1.82) is 0 Å². The second kappa shape index (κ2) is 5.39. The molecule has 1 amide bonds. The lowest BCUT2D eigenvalue weighted by atomic mass is 10.3. The maximum Gasteiger partial charge on any atom is 0.276 e. The van der Waals surface area contributed by atoms with Crippen LogP contribution in [0.25, 0.3) is 0 Å². The van der Waals surface area contributed by atoms with Crippen LogP contribution in [-0.2, 0) is 11.3 Å². The molecule has 0 aliphatic heterocycles. The molecule has 18 heavy (non-hydrogen) atoms. The zero-order chi connectivity index (χ0) is 13.1. The fourth-order valence-corrected chi connectivity index (χ4v) is 1.93. The van der Waals surface area contributed by atoms with Gasteiger partial charge >= 0.3 is 0 Å². The molecule has 6 heteroatoms. The quantitative estimate of drug-likeness (QED) is 0.810. The number of aryl methyl sites for hydroxylation is 1. The van der Waals surface area contributed by atoms with Gasteiger partial charge in [0.1, 0.15) is 0 Å². The highest BCUT2D eigenvalue weighted by atomic mass is 16.5. The Balaban J connectivity index is 2.13. The van der Waals surface area contributed by atoms with Crippen LogP contribution in [0.2, 0.25) is 0 Å². The van der Waals surface area contributed by atoms with Crippen LogP contribution in [0.1, 0.15) is 30.3 Å². The van der Waals surface area contributed by atoms with E-state index in [2.05, 4.69) is 5.10 Å². The van der Waals surface area contributed by atoms with E-state index in [1.54, 1.807) is 18.0 Å². The minimum Gasteiger partial charge on any atom is -0.396 e. The molecular weight excluding hydrogens is 232 g/mol. The molecule has 1 fully saturated rings. The Morgan fingerprint density at radius 3 is 2.89 bits per heavy atom. The van der Waals surface area contributed by atoms with E-state index in [-0.39, 0.29) is 5.91 Å². The Kier molecular flexibility index (Phi) is 3.86. The molecule has 0 radical (unpaired) electrons. The van der Waals surface area contributed by atoms with E-state index >= 15 is 0 Å². The summed E-state index contributed by atoms with van der Waals surface area (Å²) in [5.74, 6) is -0.0840. The van der Waals surface area contributed by atoms with Gasteiger partial charge in [0.25, 0.3) is 5.91 Å². The van der Waals surface area contributed by atoms with E-state index in [4.69, 9.17) is 10.5 Å². The lowest BCUT2D eigenvalue weighted by Gasteiger charge is -2.21. The Morgan fingerprint density at radius 2 is 2.39 bits per heavy atom. The van der Waals surface area contributed by atoms with Crippen LogP contribution in [0.4, 0.5) is 5.69 Å². The van der Waals surface area contributed by atoms with Crippen LogP contribution in [0.3, 0.4) is 0 Å². The van der Waals surface area contributed by atoms with Crippen molar-refractivity contribution >= 4 is 11.6 Å². The van der Waals surface area contributed by atoms with Crippen LogP contribution < -0.4 is 5.73 Å². The first-order valence-electron chi connectivity index (χ1n) is 6.30. The number of methoxy groups -OCH3 is 1. The lowest BCUT2D eigenvalue weighted by molar-refractivity contribution is 0.0674. The number of amides is 1. The number of hydrogen-bond acceptors (Lipinski definition) is 4. The van der Waals surface area contributed by atoms with E-state index in [0.29, 0.717) is 37.1 Å². The van der Waals surface area contributed by atoms with Gasteiger partial charge in [-0.15, -0.1) is 0 Å². The number of nitrogen functional groups attached to an aromatic ring is 1. The lowest BCUT2D eigenvalue weighted by Crippen LogP contribution is -2.36. The standard InChI is InChI=1S/C12H20N4O2/c1-3-15-8-10(13)11(14-15)12(17)16(6-7-18-2)9-4-5-9/h8-9H,3-7,13H2,1-2H3. The van der Waals surface area contributed by atoms with Crippen molar-refractivity contribution in [3.8, 4) is 0 Å². The van der Waals surface area contributed by atoms with Crippen molar-refractivity contribution < 1.29 is 9.53 Å². The third kappa shape index (κ3) is 2.64. The van der Waals surface area contributed by atoms with Crippen LogP contribution in [0, 0.1) is 0 Å². The van der Waals surface area contributed by atoms with Crippen molar-refractivity contribution in [2.24, 2.45) is 0 Å². The third-order valence-electron chi connectivity index (χ3n) is 3.10. The van der Waals surface area contributed by atoms with Gasteiger partial charge in [0.2, 0.25) is 0 Å². The molecule has 0 unspecified atom stereocenters. The van der Waals surface area contributed by atoms with E-state index in [1.165, 1.54) is 0 Å². The first-order valence-corrected chi connectivity index (χ1v) is 6.30. The molecule has 0 atom stereocenters. The molecule has 2 rings (SSSR count). The van der Waals surface area contributed by atoms with Gasteiger partial charge in [0, 0.05) is 32.4 Å². The first-order chi connectivity index (χ1) is 8.67. The molecule has 1 aliphatic rings. The summed E-state index contributed by atoms with van der Waals surface area (Å²) in [6, 6.07) is 0.332. The third-order valence-corrected chi connectivity index (χ3v) is 3.10. The molecule has 1 aliphatic carbocycles. The monoisotopic (exact) mass is 252 g/mol. The summed E-state index contributed by atoms with van der Waals surface area (Å²) in [4.78, 5) is 14.2. The van der Waals surface area contributed by atoms with Gasteiger partial charge in [0.15, 0.2) is 5.69 Å². The number of carbonyl (C=O) groups excluding carboxylic acids is 1. The number of nitrogens with zero attached hydrogens (tertiary/aromatic N) is 3. The van der Waals surface area contributed by atoms with E-state index in [9.17, 15) is 4.79 Å². The summed E-state index contributed by atoms with van der Waals surface area (Å²) < 4.78 is 6.73. The maximum absolute atomic E-state index is 12.4. The van der Waals surface area contributed by atoms with E-state index in [0.717, 1.165) is 12.8 Å². The fourth-order valence-electron chi connectivity index (χ4n) is 1.93. The Hall–Kier alpha value is -1.56. The molecule has 0 aromatic carbocycles. The molecule has 0 saturated heterocycles. The van der Waals surface area contributed by atoms with E-state index < -0.39 is 0 Å². The van der Waals surface area contributed by atoms with Gasteiger partial charge in [0.05, 0.1) is 12.3 Å². The number of rotatable bonds is 6. The fraction of sp³-hybridized carbons (Fsp3) is 0.667. The molecule has 2 N–H and O–H groups in total. The van der Waals surface area contributed by atoms with Crippen LogP contribution in [0.15, 0.2) is 6.20 Å². The van der Waals surface area contributed by atoms with E-state index in [1.807, 2.05) is 11.8 Å². The van der Waals surface area contributed by atoms with Crippen molar-refractivity contribution in [1.82, 2.24) is 14.7 Å². The summed E-state index contributed by atoms with van der Waals surface area (Å²) in [6.45, 7) is 3.80. The predicted molar refractivity (Wildman–Crippen MR) is 68.2 cm³/mol. The van der Waals surface area contributed by atoms with Gasteiger partial charge in [-0.2, -0.15) is 5.10 Å². The van der Waals surface area contributed by atoms with Gasteiger partial charge in [-0.25, -0.2) is 0 Å². The topological polar surface area (TPSA) is 73.4 Å². The molecule has 1 aromatic heterocycles. The summed E-state index contributed by atoms with van der Waals surface area (Å²) in [6.07, 6.45) is 3.82. The minimum absolute atomic E-state index is 0.0840. The second-order valence-electron chi connectivity index (χ2n) is 4.51. The first kappa shape index (κ1) is 12.9. The molecular formula is C12H20N4O2. The molecule has 0 spiro atoms. The highest BCUT2D eigenvalue weighted by Crippen LogP contribution is 2.28. The zero-order valence-corrected chi connectivity index (χ0v) is 10.9. The largest absolute Gasteiger partial charge is 0.396 e. The smallest absolute Gasteiger partial charge is 0.276 e. The number of ether oxygens (including phenoxy) is 1. The van der Waals surface area contributed by atoms with Crippen molar-refractivity contribution in [2.75, 3.05) is 26.0 Å². The average Bonchev–Trinajstić information content (AvgIpc) is 3.12. The van der Waals surface area contributed by atoms with Gasteiger partial charge in [-0.1, -0.05) is 0 Å². The van der Waals surface area contributed by atoms with Crippen molar-refractivity contribution in [3.05, 3.63) is 11.9 Å². The molecule has 1 aromatic rings. The number of aromatic nitrogens is 2. The number of anilines is 1. The average molecular weight is 252 g/mol. The molecule has 1 saturated carbocycles. The molecule has 1 heterocycles. The summed E-state index contributed by atoms with van der Waals surface area (Å²) >= 11 is 0. The van der Waals surface area contributed by atoms with Crippen LogP contribution in [-0.4, -0.2) is 46.9 Å². The number of hydrogen-bond donors (Lipinski definition) is 1. The Morgan fingerprint density at radius 1 is 1.67 bits per heavy atom. The predicted octanol–water partition coefficient (Wildman–Crippen LogP) is 0.736. The van der Waals surface area contributed by atoms with Gasteiger partial charge < -0.3 is 15.4 Å². The normalized spacial score (nSPS) is 14.8. The SMILES string of the molecule is CCn1cc(N)c(C(=O)N(CCOC)C2CC2)n1. The van der Waals surface area contributed by atoms with Crippen molar-refractivity contribution in [2.45, 2.75) is 32.4 Å². The van der Waals surface area contributed by atoms with Gasteiger partial charge in [-0.05, 0) is 19.8 Å². The van der Waals surface area contributed by atoms with Gasteiger partial charge in [-0.3, -0.25) is 9.48 Å². The maximum atomic E-state index is 12.4. The highest BCUT2D eigenvalue weighted by Gasteiger charge is 2.34. The summed E-state index contributed by atoms with van der Waals surface area (Å²) in [5.41, 5.74) is 6.65. The number of nitrogens with two attached hydrogens (primary N) is 1. The van der Waals surface area contributed by atoms with Crippen LogP contribution >= 0.6 is 0 Å².